The van der Waals surface area contributed by atoms with Crippen molar-refractivity contribution in [1.29, 1.82) is 0 Å². The summed E-state index contributed by atoms with van der Waals surface area (Å²) >= 11 is 6.00. The molecule has 1 saturated heterocycles. The van der Waals surface area contributed by atoms with E-state index in [1.807, 2.05) is 24.3 Å². The Morgan fingerprint density at radius 2 is 1.72 bits per heavy atom. The van der Waals surface area contributed by atoms with Crippen molar-refractivity contribution in [2.24, 2.45) is 5.92 Å². The van der Waals surface area contributed by atoms with Gasteiger partial charge in [0.25, 0.3) is 0 Å². The van der Waals surface area contributed by atoms with Gasteiger partial charge in [0.2, 0.25) is 5.91 Å². The number of esters is 1. The van der Waals surface area contributed by atoms with Gasteiger partial charge in [0, 0.05) is 5.02 Å². The molecule has 2 aliphatic carbocycles. The first kappa shape index (κ1) is 16.9. The van der Waals surface area contributed by atoms with Gasteiger partial charge < -0.3 is 10.1 Å². The number of benzene rings is 1. The SMILES string of the molecule is O=C1C[C@@H](C(=O)NC2(c3ccc(Cl)cc3)CCC2)C2(CCCCC2)O1. The molecular weight excluding hydrogens is 338 g/mol. The van der Waals surface area contributed by atoms with Gasteiger partial charge in [-0.3, -0.25) is 9.59 Å². The summed E-state index contributed by atoms with van der Waals surface area (Å²) in [5, 5.41) is 3.98. The molecule has 1 aromatic carbocycles. The summed E-state index contributed by atoms with van der Waals surface area (Å²) < 4.78 is 5.69. The molecule has 2 saturated carbocycles. The maximum absolute atomic E-state index is 13.1. The van der Waals surface area contributed by atoms with E-state index in [4.69, 9.17) is 16.3 Å². The summed E-state index contributed by atoms with van der Waals surface area (Å²) in [5.74, 6) is -0.608. The molecule has 1 spiro atoms. The second-order valence-corrected chi connectivity index (χ2v) is 8.22. The smallest absolute Gasteiger partial charge is 0.307 e. The summed E-state index contributed by atoms with van der Waals surface area (Å²) in [5.41, 5.74) is 0.215. The van der Waals surface area contributed by atoms with Crippen LogP contribution in [-0.4, -0.2) is 17.5 Å². The van der Waals surface area contributed by atoms with Crippen LogP contribution < -0.4 is 5.32 Å². The lowest BCUT2D eigenvalue weighted by Gasteiger charge is -2.45. The zero-order valence-corrected chi connectivity index (χ0v) is 15.1. The third-order valence-electron chi connectivity index (χ3n) is 6.31. The molecule has 3 aliphatic rings. The number of rotatable bonds is 3. The van der Waals surface area contributed by atoms with E-state index in [1.165, 1.54) is 0 Å². The Hall–Kier alpha value is -1.55. The molecule has 0 aromatic heterocycles. The summed E-state index contributed by atoms with van der Waals surface area (Å²) in [6.07, 6.45) is 7.98. The number of nitrogens with one attached hydrogen (secondary N) is 1. The van der Waals surface area contributed by atoms with Gasteiger partial charge in [0.15, 0.2) is 0 Å². The largest absolute Gasteiger partial charge is 0.458 e. The van der Waals surface area contributed by atoms with Gasteiger partial charge in [0.1, 0.15) is 5.60 Å². The molecule has 1 heterocycles. The van der Waals surface area contributed by atoms with Gasteiger partial charge in [-0.1, -0.05) is 30.2 Å². The topological polar surface area (TPSA) is 55.4 Å². The number of hydrogen-bond acceptors (Lipinski definition) is 3. The molecule has 4 nitrogen and oxygen atoms in total. The van der Waals surface area contributed by atoms with Crippen LogP contribution in [0.2, 0.25) is 5.02 Å². The van der Waals surface area contributed by atoms with Crippen molar-refractivity contribution in [1.82, 2.24) is 5.32 Å². The number of halogens is 1. The zero-order chi connectivity index (χ0) is 17.5. The molecule has 3 fully saturated rings. The highest BCUT2D eigenvalue weighted by Gasteiger charge is 2.54. The summed E-state index contributed by atoms with van der Waals surface area (Å²) in [6.45, 7) is 0. The highest BCUT2D eigenvalue weighted by molar-refractivity contribution is 6.30. The van der Waals surface area contributed by atoms with Crippen molar-refractivity contribution in [3.63, 3.8) is 0 Å². The van der Waals surface area contributed by atoms with Crippen LogP contribution in [0, 0.1) is 5.92 Å². The van der Waals surface area contributed by atoms with Crippen LogP contribution in [0.25, 0.3) is 0 Å². The third kappa shape index (κ3) is 2.95. The second kappa shape index (κ2) is 6.31. The van der Waals surface area contributed by atoms with Crippen molar-refractivity contribution in [3.05, 3.63) is 34.9 Å². The van der Waals surface area contributed by atoms with Crippen molar-refractivity contribution in [2.75, 3.05) is 0 Å². The van der Waals surface area contributed by atoms with Crippen LogP contribution in [-0.2, 0) is 19.9 Å². The minimum atomic E-state index is -0.565. The molecule has 1 N–H and O–H groups in total. The van der Waals surface area contributed by atoms with Crippen LogP contribution in [0.3, 0.4) is 0 Å². The van der Waals surface area contributed by atoms with E-state index in [1.54, 1.807) is 0 Å². The van der Waals surface area contributed by atoms with Gasteiger partial charge in [-0.2, -0.15) is 0 Å². The Kier molecular flexibility index (Phi) is 4.27. The maximum Gasteiger partial charge on any atom is 0.307 e. The van der Waals surface area contributed by atoms with Gasteiger partial charge >= 0.3 is 5.97 Å². The predicted octanol–water partition coefficient (Wildman–Crippen LogP) is 4.10. The minimum absolute atomic E-state index is 0.0256. The molecule has 1 aromatic rings. The Balaban J connectivity index is 1.55. The van der Waals surface area contributed by atoms with E-state index in [0.29, 0.717) is 5.02 Å². The fourth-order valence-electron chi connectivity index (χ4n) is 4.73. The molecule has 1 aliphatic heterocycles. The van der Waals surface area contributed by atoms with Gasteiger partial charge in [0.05, 0.1) is 17.9 Å². The molecule has 0 bridgehead atoms. The van der Waals surface area contributed by atoms with Crippen molar-refractivity contribution in [2.45, 2.75) is 68.9 Å². The molecule has 25 heavy (non-hydrogen) atoms. The third-order valence-corrected chi connectivity index (χ3v) is 6.56. The van der Waals surface area contributed by atoms with Crippen molar-refractivity contribution >= 4 is 23.5 Å². The Morgan fingerprint density at radius 3 is 2.32 bits per heavy atom. The molecular formula is C20H24ClNO3. The van der Waals surface area contributed by atoms with Gasteiger partial charge in [-0.15, -0.1) is 0 Å². The first-order valence-corrected chi connectivity index (χ1v) is 9.71. The minimum Gasteiger partial charge on any atom is -0.458 e. The quantitative estimate of drug-likeness (QED) is 0.824. The molecule has 134 valence electrons. The van der Waals surface area contributed by atoms with Crippen LogP contribution in [0.4, 0.5) is 0 Å². The summed E-state index contributed by atoms with van der Waals surface area (Å²) in [4.78, 5) is 25.1. The van der Waals surface area contributed by atoms with E-state index < -0.39 is 5.60 Å². The van der Waals surface area contributed by atoms with Crippen LogP contribution in [0.5, 0.6) is 0 Å². The van der Waals surface area contributed by atoms with E-state index in [0.717, 1.165) is 56.9 Å². The Labute approximate surface area is 153 Å². The molecule has 1 atom stereocenters. The number of ether oxygens (including phenoxy) is 1. The molecule has 1 amide bonds. The first-order chi connectivity index (χ1) is 12.0. The summed E-state index contributed by atoms with van der Waals surface area (Å²) in [7, 11) is 0. The average Bonchev–Trinajstić information content (AvgIpc) is 2.88. The average molecular weight is 362 g/mol. The fourth-order valence-corrected chi connectivity index (χ4v) is 4.86. The van der Waals surface area contributed by atoms with Gasteiger partial charge in [-0.05, 0) is 62.6 Å². The lowest BCUT2D eigenvalue weighted by Crippen LogP contribution is -2.55. The van der Waals surface area contributed by atoms with Crippen LogP contribution in [0.15, 0.2) is 24.3 Å². The first-order valence-electron chi connectivity index (χ1n) is 9.33. The molecule has 5 heteroatoms. The molecule has 0 radical (unpaired) electrons. The number of amides is 1. The molecule has 0 unspecified atom stereocenters. The standard InChI is InChI=1S/C20H24ClNO3/c21-15-7-5-14(6-8-15)19(9-4-10-19)22-18(24)16-13-17(23)25-20(16)11-2-1-3-12-20/h5-8,16H,1-4,9-13H2,(H,22,24)/t16-/m0/s1. The monoisotopic (exact) mass is 361 g/mol. The van der Waals surface area contributed by atoms with E-state index in [2.05, 4.69) is 5.32 Å². The number of carbonyl (C=O) groups is 2. The molecule has 4 rings (SSSR count). The Bertz CT molecular complexity index is 675. The fraction of sp³-hybridized carbons (Fsp3) is 0.600. The highest BCUT2D eigenvalue weighted by atomic mass is 35.5. The lowest BCUT2D eigenvalue weighted by atomic mass is 9.70. The van der Waals surface area contributed by atoms with Crippen molar-refractivity contribution in [3.8, 4) is 0 Å². The highest BCUT2D eigenvalue weighted by Crippen LogP contribution is 2.46. The summed E-state index contributed by atoms with van der Waals surface area (Å²) in [6, 6.07) is 7.73. The zero-order valence-electron chi connectivity index (χ0n) is 14.4. The lowest BCUT2D eigenvalue weighted by molar-refractivity contribution is -0.154. The number of hydrogen-bond donors (Lipinski definition) is 1. The van der Waals surface area contributed by atoms with Gasteiger partial charge in [-0.25, -0.2) is 0 Å². The maximum atomic E-state index is 13.1. The van der Waals surface area contributed by atoms with Crippen molar-refractivity contribution < 1.29 is 14.3 Å². The second-order valence-electron chi connectivity index (χ2n) is 7.79. The predicted molar refractivity (Wildman–Crippen MR) is 95.1 cm³/mol. The van der Waals surface area contributed by atoms with Crippen LogP contribution in [0.1, 0.15) is 63.4 Å². The van der Waals surface area contributed by atoms with E-state index in [-0.39, 0.29) is 29.8 Å². The Morgan fingerprint density at radius 1 is 1.04 bits per heavy atom. The number of carbonyl (C=O) groups excluding carboxylic acids is 2. The van der Waals surface area contributed by atoms with E-state index >= 15 is 0 Å². The van der Waals surface area contributed by atoms with E-state index in [9.17, 15) is 9.59 Å². The van der Waals surface area contributed by atoms with Crippen LogP contribution >= 0.6 is 11.6 Å². The normalized spacial score (nSPS) is 26.8.